The number of nitrogens with two attached hydrogens (primary N) is 1. The number of thioether (sulfide) groups is 1. The molecule has 0 bridgehead atoms. The van der Waals surface area contributed by atoms with E-state index in [-0.39, 0.29) is 12.1 Å². The fourth-order valence-corrected chi connectivity index (χ4v) is 2.46. The Labute approximate surface area is 59.2 Å². The van der Waals surface area contributed by atoms with Crippen molar-refractivity contribution >= 4 is 11.8 Å². The van der Waals surface area contributed by atoms with Crippen molar-refractivity contribution in [1.29, 1.82) is 0 Å². The number of halogens is 1. The zero-order chi connectivity index (χ0) is 6.74. The van der Waals surface area contributed by atoms with Gasteiger partial charge >= 0.3 is 0 Å². The molecule has 2 N–H and O–H groups in total. The second kappa shape index (κ2) is 2.88. The first kappa shape index (κ1) is 7.35. The lowest BCUT2D eigenvalue weighted by atomic mass is 9.90. The molecule has 0 aliphatic carbocycles. The van der Waals surface area contributed by atoms with Crippen LogP contribution in [0.15, 0.2) is 0 Å². The molecule has 1 saturated heterocycles. The Balaban J connectivity index is 2.45. The number of hydrogen-bond donors (Lipinski definition) is 1. The molecule has 1 rings (SSSR count). The van der Waals surface area contributed by atoms with Gasteiger partial charge in [-0.2, -0.15) is 11.8 Å². The maximum Gasteiger partial charge on any atom is 0.0970 e. The quantitative estimate of drug-likeness (QED) is 0.635. The summed E-state index contributed by atoms with van der Waals surface area (Å²) in [4.78, 5) is 0. The summed E-state index contributed by atoms with van der Waals surface area (Å²) in [5, 5.41) is 0. The van der Waals surface area contributed by atoms with Crippen LogP contribution in [0.1, 0.15) is 6.42 Å². The molecule has 9 heavy (non-hydrogen) atoms. The van der Waals surface area contributed by atoms with Crippen molar-refractivity contribution in [2.24, 2.45) is 11.1 Å². The van der Waals surface area contributed by atoms with Crippen molar-refractivity contribution in [2.45, 2.75) is 6.42 Å². The molecule has 0 aromatic rings. The lowest BCUT2D eigenvalue weighted by Gasteiger charge is -2.20. The molecule has 0 saturated carbocycles. The lowest BCUT2D eigenvalue weighted by molar-refractivity contribution is 0.249. The second-order valence-corrected chi connectivity index (χ2v) is 3.75. The van der Waals surface area contributed by atoms with Crippen LogP contribution >= 0.6 is 11.8 Å². The van der Waals surface area contributed by atoms with Gasteiger partial charge in [0.25, 0.3) is 0 Å². The highest BCUT2D eigenvalue weighted by Gasteiger charge is 2.32. The molecule has 1 atom stereocenters. The van der Waals surface area contributed by atoms with E-state index in [1.54, 1.807) is 0 Å². The molecule has 3 heteroatoms. The lowest BCUT2D eigenvalue weighted by Crippen LogP contribution is -2.32. The number of alkyl halides is 1. The van der Waals surface area contributed by atoms with Gasteiger partial charge in [0.05, 0.1) is 6.67 Å². The molecule has 0 aromatic heterocycles. The third-order valence-corrected chi connectivity index (χ3v) is 3.21. The van der Waals surface area contributed by atoms with Gasteiger partial charge < -0.3 is 5.73 Å². The monoisotopic (exact) mass is 149 g/mol. The Hall–Kier alpha value is 0.240. The Morgan fingerprint density at radius 2 is 2.44 bits per heavy atom. The highest BCUT2D eigenvalue weighted by atomic mass is 32.2. The summed E-state index contributed by atoms with van der Waals surface area (Å²) in [7, 11) is 0. The van der Waals surface area contributed by atoms with Crippen LogP contribution in [0.4, 0.5) is 4.39 Å². The predicted molar refractivity (Wildman–Crippen MR) is 39.4 cm³/mol. The molecule has 1 aliphatic heterocycles. The summed E-state index contributed by atoms with van der Waals surface area (Å²) in [6, 6.07) is 0. The van der Waals surface area contributed by atoms with Crippen molar-refractivity contribution in [3.8, 4) is 0 Å². The SMILES string of the molecule is NCC1(CF)CCSC1. The van der Waals surface area contributed by atoms with Crippen LogP contribution in [0.2, 0.25) is 0 Å². The average molecular weight is 149 g/mol. The first-order valence-electron chi connectivity index (χ1n) is 3.17. The summed E-state index contributed by atoms with van der Waals surface area (Å²) in [5.41, 5.74) is 5.28. The van der Waals surface area contributed by atoms with Crippen molar-refractivity contribution < 1.29 is 4.39 Å². The molecule has 1 nitrogen and oxygen atoms in total. The van der Waals surface area contributed by atoms with E-state index in [0.29, 0.717) is 6.54 Å². The van der Waals surface area contributed by atoms with Crippen LogP contribution in [0, 0.1) is 5.41 Å². The molecule has 1 heterocycles. The molecule has 1 fully saturated rings. The fraction of sp³-hybridized carbons (Fsp3) is 1.00. The van der Waals surface area contributed by atoms with Gasteiger partial charge in [0.1, 0.15) is 0 Å². The van der Waals surface area contributed by atoms with Gasteiger partial charge in [-0.3, -0.25) is 4.39 Å². The van der Waals surface area contributed by atoms with Crippen molar-refractivity contribution in [3.63, 3.8) is 0 Å². The first-order valence-corrected chi connectivity index (χ1v) is 4.32. The van der Waals surface area contributed by atoms with E-state index in [4.69, 9.17) is 5.73 Å². The van der Waals surface area contributed by atoms with E-state index in [1.807, 2.05) is 11.8 Å². The molecule has 1 unspecified atom stereocenters. The predicted octanol–water partition coefficient (Wildman–Crippen LogP) is 1.04. The average Bonchev–Trinajstić information content (AvgIpc) is 2.36. The minimum atomic E-state index is -0.240. The van der Waals surface area contributed by atoms with Gasteiger partial charge in [0, 0.05) is 17.7 Å². The van der Waals surface area contributed by atoms with Gasteiger partial charge in [-0.05, 0) is 12.2 Å². The Kier molecular flexibility index (Phi) is 2.35. The van der Waals surface area contributed by atoms with E-state index < -0.39 is 0 Å². The summed E-state index contributed by atoms with van der Waals surface area (Å²) in [6.45, 7) is 0.271. The fourth-order valence-electron chi connectivity index (χ4n) is 0.970. The molecule has 0 spiro atoms. The normalized spacial score (nSPS) is 35.3. The maximum atomic E-state index is 12.3. The zero-order valence-corrected chi connectivity index (χ0v) is 6.22. The van der Waals surface area contributed by atoms with Gasteiger partial charge in [0.2, 0.25) is 0 Å². The third kappa shape index (κ3) is 1.38. The number of rotatable bonds is 2. The first-order chi connectivity index (χ1) is 4.33. The summed E-state index contributed by atoms with van der Waals surface area (Å²) < 4.78 is 12.3. The van der Waals surface area contributed by atoms with Crippen molar-refractivity contribution in [1.82, 2.24) is 0 Å². The van der Waals surface area contributed by atoms with Gasteiger partial charge in [-0.15, -0.1) is 0 Å². The largest absolute Gasteiger partial charge is 0.330 e. The second-order valence-electron chi connectivity index (χ2n) is 2.64. The van der Waals surface area contributed by atoms with Crippen molar-refractivity contribution in [2.75, 3.05) is 24.7 Å². The van der Waals surface area contributed by atoms with Gasteiger partial charge in [-0.25, -0.2) is 0 Å². The Morgan fingerprint density at radius 1 is 1.67 bits per heavy atom. The molecular formula is C6H12FNS. The van der Waals surface area contributed by atoms with Crippen LogP contribution < -0.4 is 5.73 Å². The molecule has 54 valence electrons. The van der Waals surface area contributed by atoms with Crippen LogP contribution in [0.25, 0.3) is 0 Å². The van der Waals surface area contributed by atoms with Crippen molar-refractivity contribution in [3.05, 3.63) is 0 Å². The van der Waals surface area contributed by atoms with E-state index >= 15 is 0 Å². The zero-order valence-electron chi connectivity index (χ0n) is 5.40. The maximum absolute atomic E-state index is 12.3. The van der Waals surface area contributed by atoms with E-state index in [0.717, 1.165) is 17.9 Å². The summed E-state index contributed by atoms with van der Waals surface area (Å²) in [5.74, 6) is 2.00. The molecule has 1 aliphatic rings. The molecule has 0 aromatic carbocycles. The summed E-state index contributed by atoms with van der Waals surface area (Å²) in [6.07, 6.45) is 0.963. The van der Waals surface area contributed by atoms with E-state index in [2.05, 4.69) is 0 Å². The highest BCUT2D eigenvalue weighted by molar-refractivity contribution is 7.99. The minimum absolute atomic E-state index is 0.148. The molecular weight excluding hydrogens is 137 g/mol. The van der Waals surface area contributed by atoms with E-state index in [1.165, 1.54) is 0 Å². The van der Waals surface area contributed by atoms with Crippen LogP contribution in [0.3, 0.4) is 0 Å². The Morgan fingerprint density at radius 3 is 2.67 bits per heavy atom. The standard InChI is InChI=1S/C6H12FNS/c7-3-6(4-8)1-2-9-5-6/h1-5,8H2. The third-order valence-electron chi connectivity index (χ3n) is 1.90. The van der Waals surface area contributed by atoms with Gasteiger partial charge in [0.15, 0.2) is 0 Å². The van der Waals surface area contributed by atoms with Gasteiger partial charge in [-0.1, -0.05) is 0 Å². The summed E-state index contributed by atoms with van der Waals surface area (Å²) >= 11 is 1.81. The topological polar surface area (TPSA) is 26.0 Å². The van der Waals surface area contributed by atoms with Crippen LogP contribution in [-0.2, 0) is 0 Å². The molecule has 0 radical (unpaired) electrons. The van der Waals surface area contributed by atoms with Crippen LogP contribution in [-0.4, -0.2) is 24.7 Å². The minimum Gasteiger partial charge on any atom is -0.330 e. The smallest absolute Gasteiger partial charge is 0.0970 e. The Bertz CT molecular complexity index is 85.1. The van der Waals surface area contributed by atoms with E-state index in [9.17, 15) is 4.39 Å². The number of hydrogen-bond acceptors (Lipinski definition) is 2. The van der Waals surface area contributed by atoms with Crippen LogP contribution in [0.5, 0.6) is 0 Å². The molecule has 0 amide bonds. The highest BCUT2D eigenvalue weighted by Crippen LogP contribution is 2.35.